The zero-order valence-corrected chi connectivity index (χ0v) is 41.2. The molecule has 1 aliphatic heterocycles. The molecule has 1 aliphatic rings. The SMILES string of the molecule is CN(C)c1cccc2c(S(=O)(=O)N(Cc3ccccc3)c3cc(N4CCCNCCNCCCNCC4)cc(N(Cc4ccccc4)S(=O)(=O)c4cccc5c(N(C)C)cccc45)c3)cccc12. The third-order valence-corrected chi connectivity index (χ3v) is 16.2. The van der Waals surface area contributed by atoms with Gasteiger partial charge in [0.1, 0.15) is 0 Å². The van der Waals surface area contributed by atoms with E-state index >= 15 is 16.8 Å². The first-order chi connectivity index (χ1) is 32.9. The third-order valence-electron chi connectivity index (χ3n) is 12.5. The van der Waals surface area contributed by atoms with Crippen molar-refractivity contribution in [1.82, 2.24) is 16.0 Å². The van der Waals surface area contributed by atoms with Crippen LogP contribution in [0.5, 0.6) is 0 Å². The fourth-order valence-electron chi connectivity index (χ4n) is 9.04. The van der Waals surface area contributed by atoms with Crippen molar-refractivity contribution in [2.75, 3.05) is 104 Å². The summed E-state index contributed by atoms with van der Waals surface area (Å²) >= 11 is 0. The van der Waals surface area contributed by atoms with Gasteiger partial charge in [0.2, 0.25) is 0 Å². The second kappa shape index (κ2) is 21.9. The molecule has 356 valence electrons. The molecule has 7 aromatic carbocycles. The Bertz CT molecular complexity index is 2830. The van der Waals surface area contributed by atoms with E-state index in [-0.39, 0.29) is 22.9 Å². The molecule has 0 saturated carbocycles. The molecule has 0 aromatic heterocycles. The Morgan fingerprint density at radius 1 is 0.441 bits per heavy atom. The summed E-state index contributed by atoms with van der Waals surface area (Å²) in [5.74, 6) is 0. The Balaban J connectivity index is 1.37. The molecule has 0 spiro atoms. The molecular formula is C54H64N8O4S2. The van der Waals surface area contributed by atoms with Crippen LogP contribution in [0.2, 0.25) is 0 Å². The molecule has 68 heavy (non-hydrogen) atoms. The molecule has 1 heterocycles. The minimum Gasteiger partial charge on any atom is -0.377 e. The van der Waals surface area contributed by atoms with Crippen LogP contribution in [0.1, 0.15) is 24.0 Å². The number of sulfonamides is 2. The Kier molecular flexibility index (Phi) is 15.5. The van der Waals surface area contributed by atoms with Crippen molar-refractivity contribution in [3.05, 3.63) is 163 Å². The molecule has 1 saturated heterocycles. The van der Waals surface area contributed by atoms with E-state index in [4.69, 9.17) is 0 Å². The standard InChI is InChI=1S/C54H64N8O4S2/c1-58(2)51-25-11-23-49-47(51)21-13-27-53(49)67(63,64)61(40-42-17-7-5-8-18-42)45-37-44(60-35-16-31-56-33-32-55-29-15-30-57-34-36-60)38-46(39-45)62(41-43-19-9-6-10-20-43)68(65,66)54-28-14-22-48-50(54)24-12-26-52(48)59(3)4/h5-14,17-28,37-39,55-57H,15-16,29-36,40-41H2,1-4H3. The number of anilines is 5. The minimum absolute atomic E-state index is 0.00257. The number of rotatable bonds is 13. The van der Waals surface area contributed by atoms with E-state index in [9.17, 15) is 0 Å². The van der Waals surface area contributed by atoms with Crippen molar-refractivity contribution in [2.24, 2.45) is 0 Å². The first kappa shape index (κ1) is 48.3. The monoisotopic (exact) mass is 952 g/mol. The maximum atomic E-state index is 15.8. The summed E-state index contributed by atoms with van der Waals surface area (Å²) in [6, 6.07) is 47.0. The Hall–Kier alpha value is -6.16. The van der Waals surface area contributed by atoms with Gasteiger partial charge in [0, 0.05) is 99.5 Å². The smallest absolute Gasteiger partial charge is 0.265 e. The van der Waals surface area contributed by atoms with E-state index in [1.807, 2.05) is 159 Å². The highest BCUT2D eigenvalue weighted by Crippen LogP contribution is 2.40. The molecule has 7 aromatic rings. The van der Waals surface area contributed by atoms with Crippen LogP contribution in [-0.4, -0.2) is 97.4 Å². The largest absolute Gasteiger partial charge is 0.377 e. The zero-order valence-electron chi connectivity index (χ0n) is 39.6. The number of hydrogen-bond donors (Lipinski definition) is 3. The van der Waals surface area contributed by atoms with Gasteiger partial charge in [0.05, 0.1) is 34.3 Å². The van der Waals surface area contributed by atoms with Gasteiger partial charge in [-0.2, -0.15) is 0 Å². The minimum atomic E-state index is -4.34. The number of fused-ring (bicyclic) bond motifs is 2. The number of hydrogen-bond acceptors (Lipinski definition) is 10. The van der Waals surface area contributed by atoms with E-state index in [0.717, 1.165) is 84.5 Å². The van der Waals surface area contributed by atoms with E-state index in [1.165, 1.54) is 8.61 Å². The normalized spacial score (nSPS) is 14.6. The highest BCUT2D eigenvalue weighted by molar-refractivity contribution is 7.93. The number of nitrogens with one attached hydrogen (secondary N) is 3. The predicted molar refractivity (Wildman–Crippen MR) is 283 cm³/mol. The summed E-state index contributed by atoms with van der Waals surface area (Å²) in [6.45, 7) is 6.21. The molecular weight excluding hydrogens is 889 g/mol. The molecule has 0 amide bonds. The molecule has 1 fully saturated rings. The second-order valence-electron chi connectivity index (χ2n) is 17.7. The van der Waals surface area contributed by atoms with Gasteiger partial charge in [-0.25, -0.2) is 16.8 Å². The van der Waals surface area contributed by atoms with Crippen LogP contribution >= 0.6 is 0 Å². The van der Waals surface area contributed by atoms with Crippen LogP contribution in [0.3, 0.4) is 0 Å². The summed E-state index contributed by atoms with van der Waals surface area (Å²) in [6.07, 6.45) is 1.79. The lowest BCUT2D eigenvalue weighted by Crippen LogP contribution is -2.37. The zero-order chi connectivity index (χ0) is 47.7. The summed E-state index contributed by atoms with van der Waals surface area (Å²) < 4.78 is 66.1. The van der Waals surface area contributed by atoms with Crippen LogP contribution in [0.15, 0.2) is 161 Å². The van der Waals surface area contributed by atoms with E-state index < -0.39 is 20.0 Å². The van der Waals surface area contributed by atoms with Gasteiger partial charge in [0.25, 0.3) is 20.0 Å². The quantitative estimate of drug-likeness (QED) is 0.104. The van der Waals surface area contributed by atoms with Crippen molar-refractivity contribution >= 4 is 70.0 Å². The first-order valence-corrected chi connectivity index (χ1v) is 26.3. The molecule has 12 nitrogen and oxygen atoms in total. The van der Waals surface area contributed by atoms with Gasteiger partial charge in [-0.1, -0.05) is 109 Å². The lowest BCUT2D eigenvalue weighted by atomic mass is 10.1. The van der Waals surface area contributed by atoms with Crippen LogP contribution in [-0.2, 0) is 33.1 Å². The second-order valence-corrected chi connectivity index (χ2v) is 21.4. The highest BCUT2D eigenvalue weighted by Gasteiger charge is 2.33. The van der Waals surface area contributed by atoms with Crippen molar-refractivity contribution in [2.45, 2.75) is 35.7 Å². The van der Waals surface area contributed by atoms with Crippen molar-refractivity contribution in [3.8, 4) is 0 Å². The van der Waals surface area contributed by atoms with Gasteiger partial charge >= 0.3 is 0 Å². The summed E-state index contributed by atoms with van der Waals surface area (Å²) in [7, 11) is -0.899. The number of benzene rings is 7. The van der Waals surface area contributed by atoms with Crippen molar-refractivity contribution in [1.29, 1.82) is 0 Å². The summed E-state index contributed by atoms with van der Waals surface area (Å²) in [5, 5.41) is 13.5. The molecule has 0 radical (unpaired) electrons. The summed E-state index contributed by atoms with van der Waals surface area (Å²) in [5.41, 5.74) is 4.76. The fourth-order valence-corrected chi connectivity index (χ4v) is 12.3. The average Bonchev–Trinajstić information content (AvgIpc) is 3.35. The lowest BCUT2D eigenvalue weighted by Gasteiger charge is -2.32. The lowest BCUT2D eigenvalue weighted by molar-refractivity contribution is 0.549. The Morgan fingerprint density at radius 3 is 1.34 bits per heavy atom. The predicted octanol–water partition coefficient (Wildman–Crippen LogP) is 8.29. The van der Waals surface area contributed by atoms with E-state index in [1.54, 1.807) is 30.3 Å². The van der Waals surface area contributed by atoms with Gasteiger partial charge in [-0.05, 0) is 86.1 Å². The Labute approximate surface area is 403 Å². The average molecular weight is 953 g/mol. The molecule has 0 aliphatic carbocycles. The van der Waals surface area contributed by atoms with Gasteiger partial charge < -0.3 is 30.7 Å². The van der Waals surface area contributed by atoms with Crippen LogP contribution in [0.4, 0.5) is 28.4 Å². The van der Waals surface area contributed by atoms with Gasteiger partial charge in [-0.3, -0.25) is 8.61 Å². The van der Waals surface area contributed by atoms with Gasteiger partial charge in [0.15, 0.2) is 0 Å². The molecule has 0 unspecified atom stereocenters. The Morgan fingerprint density at radius 2 is 0.868 bits per heavy atom. The third kappa shape index (κ3) is 10.9. The van der Waals surface area contributed by atoms with Crippen LogP contribution in [0.25, 0.3) is 21.5 Å². The van der Waals surface area contributed by atoms with E-state index in [2.05, 4.69) is 20.9 Å². The molecule has 8 rings (SSSR count). The maximum absolute atomic E-state index is 15.8. The van der Waals surface area contributed by atoms with Crippen LogP contribution < -0.4 is 39.3 Å². The van der Waals surface area contributed by atoms with E-state index in [0.29, 0.717) is 41.8 Å². The van der Waals surface area contributed by atoms with Crippen molar-refractivity contribution in [3.63, 3.8) is 0 Å². The highest BCUT2D eigenvalue weighted by atomic mass is 32.2. The first-order valence-electron chi connectivity index (χ1n) is 23.5. The van der Waals surface area contributed by atoms with Gasteiger partial charge in [-0.15, -0.1) is 0 Å². The molecule has 0 bridgehead atoms. The molecule has 14 heteroatoms. The molecule has 0 atom stereocenters. The fraction of sp³-hybridized carbons (Fsp3) is 0.296. The topological polar surface area (TPSA) is 121 Å². The molecule has 3 N–H and O–H groups in total. The number of nitrogens with zero attached hydrogens (tertiary/aromatic N) is 5. The van der Waals surface area contributed by atoms with Crippen molar-refractivity contribution < 1.29 is 16.8 Å². The van der Waals surface area contributed by atoms with Crippen LogP contribution in [0, 0.1) is 0 Å². The summed E-state index contributed by atoms with van der Waals surface area (Å²) in [4.78, 5) is 6.54. The maximum Gasteiger partial charge on any atom is 0.265 e.